The fraction of sp³-hybridized carbons (Fsp3) is 0.136. The number of benzene rings is 3. The van der Waals surface area contributed by atoms with Gasteiger partial charge in [-0.1, -0.05) is 41.4 Å². The summed E-state index contributed by atoms with van der Waals surface area (Å²) in [6, 6.07) is 16.8. The Morgan fingerprint density at radius 1 is 1.07 bits per heavy atom. The Morgan fingerprint density at radius 2 is 1.77 bits per heavy atom. The topological polar surface area (TPSA) is 66.5 Å². The summed E-state index contributed by atoms with van der Waals surface area (Å²) in [6.45, 7) is 1.97. The third-order valence-electron chi connectivity index (χ3n) is 4.58. The predicted octanol–water partition coefficient (Wildman–Crippen LogP) is 4.54. The molecule has 1 amide bonds. The lowest BCUT2D eigenvalue weighted by molar-refractivity contribution is 0.0951. The lowest BCUT2D eigenvalue weighted by Crippen LogP contribution is -2.27. The SMILES string of the molecule is Cc1ccc(S(=O)(=O)N(C)c2ccc(Cl)c(C(=O)NCc3cccc(F)c3)c2)cc1. The second-order valence-corrected chi connectivity index (χ2v) is 9.14. The lowest BCUT2D eigenvalue weighted by atomic mass is 10.1. The first kappa shape index (κ1) is 21.8. The number of rotatable bonds is 6. The molecule has 3 aromatic carbocycles. The first-order chi connectivity index (χ1) is 14.2. The van der Waals surface area contributed by atoms with E-state index in [0.717, 1.165) is 9.87 Å². The Hall–Kier alpha value is -2.90. The van der Waals surface area contributed by atoms with Gasteiger partial charge in [0.1, 0.15) is 5.82 Å². The van der Waals surface area contributed by atoms with Crippen molar-refractivity contribution in [2.45, 2.75) is 18.4 Å². The molecule has 5 nitrogen and oxygen atoms in total. The van der Waals surface area contributed by atoms with Gasteiger partial charge in [0.15, 0.2) is 0 Å². The molecule has 0 radical (unpaired) electrons. The molecule has 0 atom stereocenters. The van der Waals surface area contributed by atoms with Crippen LogP contribution in [0, 0.1) is 12.7 Å². The van der Waals surface area contributed by atoms with Crippen LogP contribution < -0.4 is 9.62 Å². The summed E-state index contributed by atoms with van der Waals surface area (Å²) in [5.41, 5.74) is 1.95. The lowest BCUT2D eigenvalue weighted by Gasteiger charge is -2.20. The van der Waals surface area contributed by atoms with Crippen molar-refractivity contribution in [3.05, 3.63) is 94.3 Å². The van der Waals surface area contributed by atoms with Crippen molar-refractivity contribution in [2.75, 3.05) is 11.4 Å². The summed E-state index contributed by atoms with van der Waals surface area (Å²) in [4.78, 5) is 12.7. The van der Waals surface area contributed by atoms with Gasteiger partial charge in [-0.15, -0.1) is 0 Å². The van der Waals surface area contributed by atoms with Crippen LogP contribution >= 0.6 is 11.6 Å². The molecule has 0 heterocycles. The maximum Gasteiger partial charge on any atom is 0.264 e. The summed E-state index contributed by atoms with van der Waals surface area (Å²) in [5.74, 6) is -0.892. The molecule has 0 saturated heterocycles. The summed E-state index contributed by atoms with van der Waals surface area (Å²) >= 11 is 6.16. The molecular formula is C22H20ClFN2O3S. The Bertz CT molecular complexity index is 1180. The van der Waals surface area contributed by atoms with Crippen LogP contribution in [0.1, 0.15) is 21.5 Å². The average Bonchev–Trinajstić information content (AvgIpc) is 2.72. The fourth-order valence-electron chi connectivity index (χ4n) is 2.81. The van der Waals surface area contributed by atoms with Gasteiger partial charge >= 0.3 is 0 Å². The van der Waals surface area contributed by atoms with Gasteiger partial charge in [-0.25, -0.2) is 12.8 Å². The summed E-state index contributed by atoms with van der Waals surface area (Å²) < 4.78 is 40.2. The molecule has 0 aliphatic rings. The molecule has 156 valence electrons. The van der Waals surface area contributed by atoms with Crippen molar-refractivity contribution in [3.63, 3.8) is 0 Å². The van der Waals surface area contributed by atoms with Crippen molar-refractivity contribution in [1.29, 1.82) is 0 Å². The fourth-order valence-corrected chi connectivity index (χ4v) is 4.21. The standard InChI is InChI=1S/C22H20ClFN2O3S/c1-15-6-9-19(10-7-15)30(28,29)26(2)18-8-11-21(23)20(13-18)22(27)25-14-16-4-3-5-17(24)12-16/h3-13H,14H2,1-2H3,(H,25,27). The number of amides is 1. The van der Waals surface area contributed by atoms with E-state index in [9.17, 15) is 17.6 Å². The molecule has 1 N–H and O–H groups in total. The molecule has 30 heavy (non-hydrogen) atoms. The van der Waals surface area contributed by atoms with Crippen LogP contribution in [0.25, 0.3) is 0 Å². The van der Waals surface area contributed by atoms with Gasteiger partial charge in [0.25, 0.3) is 15.9 Å². The molecule has 3 aromatic rings. The Labute approximate surface area is 180 Å². The maximum absolute atomic E-state index is 13.3. The average molecular weight is 447 g/mol. The van der Waals surface area contributed by atoms with Crippen LogP contribution in [0.4, 0.5) is 10.1 Å². The van der Waals surface area contributed by atoms with E-state index in [1.54, 1.807) is 24.3 Å². The zero-order chi connectivity index (χ0) is 21.9. The van der Waals surface area contributed by atoms with Crippen molar-refractivity contribution in [1.82, 2.24) is 5.32 Å². The van der Waals surface area contributed by atoms with Gasteiger partial charge in [-0.3, -0.25) is 9.10 Å². The highest BCUT2D eigenvalue weighted by Gasteiger charge is 2.22. The molecule has 0 aromatic heterocycles. The number of nitrogens with one attached hydrogen (secondary N) is 1. The number of aryl methyl sites for hydroxylation is 1. The zero-order valence-electron chi connectivity index (χ0n) is 16.4. The Balaban J connectivity index is 1.83. The normalized spacial score (nSPS) is 11.2. The van der Waals surface area contributed by atoms with Gasteiger partial charge in [0.2, 0.25) is 0 Å². The van der Waals surface area contributed by atoms with Crippen molar-refractivity contribution < 1.29 is 17.6 Å². The third-order valence-corrected chi connectivity index (χ3v) is 6.71. The van der Waals surface area contributed by atoms with Gasteiger partial charge < -0.3 is 5.32 Å². The van der Waals surface area contributed by atoms with Gasteiger partial charge in [-0.05, 0) is 55.0 Å². The highest BCUT2D eigenvalue weighted by atomic mass is 35.5. The van der Waals surface area contributed by atoms with Crippen LogP contribution in [-0.2, 0) is 16.6 Å². The number of nitrogens with zero attached hydrogens (tertiary/aromatic N) is 1. The van der Waals surface area contributed by atoms with Crippen LogP contribution in [0.15, 0.2) is 71.6 Å². The highest BCUT2D eigenvalue weighted by molar-refractivity contribution is 7.92. The third kappa shape index (κ3) is 4.80. The van der Waals surface area contributed by atoms with Crippen molar-refractivity contribution in [3.8, 4) is 0 Å². The monoisotopic (exact) mass is 446 g/mol. The molecule has 0 bridgehead atoms. The van der Waals surface area contributed by atoms with E-state index >= 15 is 0 Å². The van der Waals surface area contributed by atoms with E-state index < -0.39 is 21.7 Å². The summed E-state index contributed by atoms with van der Waals surface area (Å²) in [7, 11) is -2.40. The van der Waals surface area contributed by atoms with Crippen LogP contribution in [0.2, 0.25) is 5.02 Å². The van der Waals surface area contributed by atoms with E-state index in [-0.39, 0.29) is 27.7 Å². The first-order valence-corrected chi connectivity index (χ1v) is 10.9. The predicted molar refractivity (Wildman–Crippen MR) is 116 cm³/mol. The molecule has 8 heteroatoms. The smallest absolute Gasteiger partial charge is 0.264 e. The molecule has 0 fully saturated rings. The van der Waals surface area contributed by atoms with Crippen molar-refractivity contribution in [2.24, 2.45) is 0 Å². The minimum absolute atomic E-state index is 0.106. The number of hydrogen-bond acceptors (Lipinski definition) is 3. The van der Waals surface area contributed by atoms with Crippen LogP contribution in [0.5, 0.6) is 0 Å². The number of halogens is 2. The molecular weight excluding hydrogens is 427 g/mol. The van der Waals surface area contributed by atoms with Gasteiger partial charge in [0, 0.05) is 13.6 Å². The molecule has 0 unspecified atom stereocenters. The largest absolute Gasteiger partial charge is 0.348 e. The maximum atomic E-state index is 13.3. The molecule has 3 rings (SSSR count). The second-order valence-electron chi connectivity index (χ2n) is 6.76. The highest BCUT2D eigenvalue weighted by Crippen LogP contribution is 2.27. The van der Waals surface area contributed by atoms with E-state index in [1.807, 2.05) is 6.92 Å². The number of carbonyl (C=O) groups excluding carboxylic acids is 1. The Kier molecular flexibility index (Phi) is 6.43. The second kappa shape index (κ2) is 8.85. The van der Waals surface area contributed by atoms with Crippen LogP contribution in [-0.4, -0.2) is 21.4 Å². The molecule has 0 spiro atoms. The zero-order valence-corrected chi connectivity index (χ0v) is 18.0. The number of anilines is 1. The van der Waals surface area contributed by atoms with E-state index in [2.05, 4.69) is 5.32 Å². The Morgan fingerprint density at radius 3 is 2.43 bits per heavy atom. The molecule has 0 saturated carbocycles. The minimum atomic E-state index is -3.81. The van der Waals surface area contributed by atoms with Gasteiger partial charge in [0.05, 0.1) is 21.2 Å². The number of hydrogen-bond donors (Lipinski definition) is 1. The van der Waals surface area contributed by atoms with E-state index in [1.165, 1.54) is 49.5 Å². The molecule has 0 aliphatic heterocycles. The number of sulfonamides is 1. The minimum Gasteiger partial charge on any atom is -0.348 e. The number of carbonyl (C=O) groups is 1. The summed E-state index contributed by atoms with van der Waals surface area (Å²) in [5, 5.41) is 2.85. The van der Waals surface area contributed by atoms with E-state index in [4.69, 9.17) is 11.6 Å². The first-order valence-electron chi connectivity index (χ1n) is 9.06. The van der Waals surface area contributed by atoms with Gasteiger partial charge in [-0.2, -0.15) is 0 Å². The van der Waals surface area contributed by atoms with Crippen LogP contribution in [0.3, 0.4) is 0 Å². The summed E-state index contributed by atoms with van der Waals surface area (Å²) in [6.07, 6.45) is 0. The van der Waals surface area contributed by atoms with Crippen molar-refractivity contribution >= 4 is 33.2 Å². The quantitative estimate of drug-likeness (QED) is 0.604. The van der Waals surface area contributed by atoms with E-state index in [0.29, 0.717) is 5.56 Å². The molecule has 0 aliphatic carbocycles.